The lowest BCUT2D eigenvalue weighted by Crippen LogP contribution is -2.23. The fourth-order valence-corrected chi connectivity index (χ4v) is 3.02. The van der Waals surface area contributed by atoms with Crippen LogP contribution in [0.5, 0.6) is 0 Å². The van der Waals surface area contributed by atoms with Crippen LogP contribution >= 0.6 is 0 Å². The van der Waals surface area contributed by atoms with E-state index in [1.807, 2.05) is 49.3 Å². The molecule has 0 aromatic heterocycles. The Kier molecular flexibility index (Phi) is 6.63. The Morgan fingerprint density at radius 3 is 2.35 bits per heavy atom. The molecule has 26 heavy (non-hydrogen) atoms. The first-order valence-electron chi connectivity index (χ1n) is 8.32. The maximum absolute atomic E-state index is 12.0. The van der Waals surface area contributed by atoms with E-state index in [2.05, 4.69) is 10.0 Å². The smallest absolute Gasteiger partial charge is 0.229 e. The first kappa shape index (κ1) is 19.8. The number of anilines is 2. The lowest BCUT2D eigenvalue weighted by Gasteiger charge is -2.12. The largest absolute Gasteiger partial charge is 0.378 e. The molecular formula is C19H25N3O3S. The molecule has 0 atom stereocenters. The zero-order chi connectivity index (χ0) is 19.2. The van der Waals surface area contributed by atoms with Crippen LogP contribution in [0.25, 0.3) is 0 Å². The number of aryl methyl sites for hydroxylation is 1. The summed E-state index contributed by atoms with van der Waals surface area (Å²) < 4.78 is 25.0. The molecule has 0 fully saturated rings. The van der Waals surface area contributed by atoms with Crippen LogP contribution in [0.1, 0.15) is 17.5 Å². The van der Waals surface area contributed by atoms with Crippen LogP contribution < -0.4 is 14.9 Å². The predicted octanol–water partition coefficient (Wildman–Crippen LogP) is 2.37. The lowest BCUT2D eigenvalue weighted by molar-refractivity contribution is -0.121. The Labute approximate surface area is 155 Å². The molecule has 140 valence electrons. The Morgan fingerprint density at radius 2 is 1.73 bits per heavy atom. The second-order valence-electron chi connectivity index (χ2n) is 6.41. The summed E-state index contributed by atoms with van der Waals surface area (Å²) in [5, 5.41) is 2.86. The van der Waals surface area contributed by atoms with E-state index in [0.717, 1.165) is 23.1 Å². The normalized spacial score (nSPS) is 11.0. The molecule has 0 radical (unpaired) electrons. The van der Waals surface area contributed by atoms with E-state index >= 15 is 0 Å². The Hall–Kier alpha value is -2.54. The quantitative estimate of drug-likeness (QED) is 0.742. The van der Waals surface area contributed by atoms with E-state index in [-0.39, 0.29) is 5.91 Å². The minimum atomic E-state index is -3.31. The number of sulfonamides is 1. The van der Waals surface area contributed by atoms with E-state index < -0.39 is 10.0 Å². The van der Waals surface area contributed by atoms with Gasteiger partial charge in [0.1, 0.15) is 0 Å². The van der Waals surface area contributed by atoms with Gasteiger partial charge in [-0.25, -0.2) is 8.42 Å². The van der Waals surface area contributed by atoms with E-state index in [1.165, 1.54) is 0 Å². The topological polar surface area (TPSA) is 78.5 Å². The number of nitrogens with zero attached hydrogens (tertiary/aromatic N) is 1. The third-order valence-electron chi connectivity index (χ3n) is 3.81. The number of hydrogen-bond acceptors (Lipinski definition) is 4. The summed E-state index contributed by atoms with van der Waals surface area (Å²) in [6.07, 6.45) is 2.18. The molecule has 2 aromatic rings. The molecule has 2 N–H and O–H groups in total. The van der Waals surface area contributed by atoms with Gasteiger partial charge in [-0.05, 0) is 41.8 Å². The molecule has 6 nitrogen and oxygen atoms in total. The second kappa shape index (κ2) is 8.71. The number of amides is 1. The minimum Gasteiger partial charge on any atom is -0.378 e. The van der Waals surface area contributed by atoms with E-state index in [9.17, 15) is 13.2 Å². The van der Waals surface area contributed by atoms with Gasteiger partial charge in [0.2, 0.25) is 15.9 Å². The SMILES string of the molecule is CN(C)c1ccc(CCC(=O)NCc2cccc(NS(C)(=O)=O)c2)cc1. The van der Waals surface area contributed by atoms with Gasteiger partial charge in [0.05, 0.1) is 6.26 Å². The maximum Gasteiger partial charge on any atom is 0.229 e. The Morgan fingerprint density at radius 1 is 1.04 bits per heavy atom. The highest BCUT2D eigenvalue weighted by atomic mass is 32.2. The molecule has 0 unspecified atom stereocenters. The molecule has 7 heteroatoms. The van der Waals surface area contributed by atoms with Gasteiger partial charge in [-0.3, -0.25) is 9.52 Å². The predicted molar refractivity (Wildman–Crippen MR) is 106 cm³/mol. The molecule has 0 aliphatic carbocycles. The van der Waals surface area contributed by atoms with Gasteiger partial charge in [0.25, 0.3) is 0 Å². The zero-order valence-electron chi connectivity index (χ0n) is 15.3. The third kappa shape index (κ3) is 6.76. The van der Waals surface area contributed by atoms with Crippen molar-refractivity contribution in [3.8, 4) is 0 Å². The van der Waals surface area contributed by atoms with Gasteiger partial charge >= 0.3 is 0 Å². The lowest BCUT2D eigenvalue weighted by atomic mass is 10.1. The average molecular weight is 375 g/mol. The number of rotatable bonds is 8. The fourth-order valence-electron chi connectivity index (χ4n) is 2.47. The van der Waals surface area contributed by atoms with Crippen LogP contribution in [-0.4, -0.2) is 34.7 Å². The number of carbonyl (C=O) groups is 1. The highest BCUT2D eigenvalue weighted by Gasteiger charge is 2.05. The summed E-state index contributed by atoms with van der Waals surface area (Å²) in [4.78, 5) is 14.1. The summed E-state index contributed by atoms with van der Waals surface area (Å²) in [5.41, 5.74) is 3.56. The minimum absolute atomic E-state index is 0.0387. The average Bonchev–Trinajstić information content (AvgIpc) is 2.57. The van der Waals surface area contributed by atoms with Crippen molar-refractivity contribution >= 4 is 27.3 Å². The van der Waals surface area contributed by atoms with Crippen LogP contribution in [0.2, 0.25) is 0 Å². The van der Waals surface area contributed by atoms with Crippen molar-refractivity contribution in [1.29, 1.82) is 0 Å². The molecule has 0 saturated carbocycles. The van der Waals surface area contributed by atoms with Crippen LogP contribution in [0.15, 0.2) is 48.5 Å². The molecule has 0 spiro atoms. The van der Waals surface area contributed by atoms with Gasteiger partial charge in [-0.15, -0.1) is 0 Å². The third-order valence-corrected chi connectivity index (χ3v) is 4.42. The van der Waals surface area contributed by atoms with Crippen LogP contribution in [0, 0.1) is 0 Å². The van der Waals surface area contributed by atoms with Gasteiger partial charge < -0.3 is 10.2 Å². The van der Waals surface area contributed by atoms with Crippen molar-refractivity contribution in [3.05, 3.63) is 59.7 Å². The maximum atomic E-state index is 12.0. The first-order valence-corrected chi connectivity index (χ1v) is 10.2. The molecule has 0 aliphatic heterocycles. The van der Waals surface area contributed by atoms with E-state index in [1.54, 1.807) is 18.2 Å². The number of benzene rings is 2. The van der Waals surface area contributed by atoms with E-state index in [4.69, 9.17) is 0 Å². The number of carbonyl (C=O) groups excluding carboxylic acids is 1. The van der Waals surface area contributed by atoms with E-state index in [0.29, 0.717) is 25.1 Å². The number of nitrogens with one attached hydrogen (secondary N) is 2. The monoisotopic (exact) mass is 375 g/mol. The summed E-state index contributed by atoms with van der Waals surface area (Å²) in [7, 11) is 0.665. The van der Waals surface area contributed by atoms with Crippen molar-refractivity contribution < 1.29 is 13.2 Å². The number of hydrogen-bond donors (Lipinski definition) is 2. The second-order valence-corrected chi connectivity index (χ2v) is 8.16. The van der Waals surface area contributed by atoms with Crippen molar-refractivity contribution in [2.45, 2.75) is 19.4 Å². The molecule has 1 amide bonds. The Balaban J connectivity index is 1.82. The van der Waals surface area contributed by atoms with Gasteiger partial charge in [0.15, 0.2) is 0 Å². The molecular weight excluding hydrogens is 350 g/mol. The van der Waals surface area contributed by atoms with Crippen LogP contribution in [-0.2, 0) is 27.8 Å². The summed E-state index contributed by atoms with van der Waals surface area (Å²) in [5.74, 6) is -0.0387. The highest BCUT2D eigenvalue weighted by molar-refractivity contribution is 7.92. The van der Waals surface area contributed by atoms with Gasteiger partial charge in [-0.2, -0.15) is 0 Å². The van der Waals surface area contributed by atoms with Gasteiger partial charge in [-0.1, -0.05) is 24.3 Å². The van der Waals surface area contributed by atoms with Crippen LogP contribution in [0.4, 0.5) is 11.4 Å². The standard InChI is InChI=1S/C19H25N3O3S/c1-22(2)18-10-7-15(8-11-18)9-12-19(23)20-14-16-5-4-6-17(13-16)21-26(3,24)25/h4-8,10-11,13,21H,9,12,14H2,1-3H3,(H,20,23). The summed E-state index contributed by atoms with van der Waals surface area (Å²) in [6.45, 7) is 0.359. The molecule has 0 saturated heterocycles. The zero-order valence-corrected chi connectivity index (χ0v) is 16.1. The Bertz CT molecular complexity index is 847. The van der Waals surface area contributed by atoms with Crippen LogP contribution in [0.3, 0.4) is 0 Å². The fraction of sp³-hybridized carbons (Fsp3) is 0.316. The molecule has 2 rings (SSSR count). The van der Waals surface area contributed by atoms with Crippen molar-refractivity contribution in [1.82, 2.24) is 5.32 Å². The van der Waals surface area contributed by atoms with Crippen molar-refractivity contribution in [2.24, 2.45) is 0 Å². The molecule has 2 aromatic carbocycles. The molecule has 0 heterocycles. The molecule has 0 aliphatic rings. The highest BCUT2D eigenvalue weighted by Crippen LogP contribution is 2.14. The van der Waals surface area contributed by atoms with Crippen molar-refractivity contribution in [2.75, 3.05) is 30.0 Å². The van der Waals surface area contributed by atoms with Gasteiger partial charge in [0, 0.05) is 38.4 Å². The first-order chi connectivity index (χ1) is 12.2. The van der Waals surface area contributed by atoms with Crippen molar-refractivity contribution in [3.63, 3.8) is 0 Å². The summed E-state index contributed by atoms with van der Waals surface area (Å²) in [6, 6.07) is 15.1. The molecule has 0 bridgehead atoms. The summed E-state index contributed by atoms with van der Waals surface area (Å²) >= 11 is 0.